The molecule has 25 heavy (non-hydrogen) atoms. The number of ether oxygens (including phenoxy) is 3. The van der Waals surface area contributed by atoms with E-state index in [1.54, 1.807) is 25.3 Å². The lowest BCUT2D eigenvalue weighted by Crippen LogP contribution is -2.48. The maximum absolute atomic E-state index is 12.5. The van der Waals surface area contributed by atoms with E-state index in [0.29, 0.717) is 5.75 Å². The van der Waals surface area contributed by atoms with Crippen molar-refractivity contribution in [1.29, 1.82) is 0 Å². The van der Waals surface area contributed by atoms with Crippen LogP contribution in [0.2, 0.25) is 19.6 Å². The van der Waals surface area contributed by atoms with Gasteiger partial charge >= 0.3 is 11.9 Å². The van der Waals surface area contributed by atoms with E-state index in [0.717, 1.165) is 5.56 Å². The Balaban J connectivity index is 2.49. The highest BCUT2D eigenvalue weighted by Crippen LogP contribution is 2.34. The largest absolute Gasteiger partial charge is 0.497 e. The van der Waals surface area contributed by atoms with Crippen molar-refractivity contribution in [3.63, 3.8) is 0 Å². The maximum Gasteiger partial charge on any atom is 0.325 e. The lowest BCUT2D eigenvalue weighted by molar-refractivity contribution is -0.240. The second kappa shape index (κ2) is 6.93. The molecule has 1 aromatic carbocycles. The summed E-state index contributed by atoms with van der Waals surface area (Å²) >= 11 is 0. The minimum Gasteiger partial charge on any atom is -0.497 e. The molecule has 1 heterocycles. The molecule has 1 fully saturated rings. The van der Waals surface area contributed by atoms with Gasteiger partial charge in [0.25, 0.3) is 5.79 Å². The number of carbonyl (C=O) groups excluding carboxylic acids is 2. The highest BCUT2D eigenvalue weighted by atomic mass is 28.3. The standard InChI is InChI=1S/C19H24O5Si/c1-19(2)23-17(20)16(18(21)24-19)15(10-11-25(4,5)6)13-8-7-9-14(12-13)22-3/h7-9,12,15-16H,1-6H3/t15-/m0/s1. The molecule has 134 valence electrons. The monoisotopic (exact) mass is 360 g/mol. The van der Waals surface area contributed by atoms with Gasteiger partial charge in [-0.1, -0.05) is 31.8 Å². The molecular weight excluding hydrogens is 336 g/mol. The Morgan fingerprint density at radius 3 is 2.28 bits per heavy atom. The Hall–Kier alpha value is -2.26. The number of benzene rings is 1. The van der Waals surface area contributed by atoms with E-state index in [1.165, 1.54) is 13.8 Å². The summed E-state index contributed by atoms with van der Waals surface area (Å²) in [6, 6.07) is 7.21. The van der Waals surface area contributed by atoms with Crippen molar-refractivity contribution in [2.24, 2.45) is 5.92 Å². The summed E-state index contributed by atoms with van der Waals surface area (Å²) < 4.78 is 15.8. The molecule has 6 heteroatoms. The molecule has 1 aliphatic rings. The number of esters is 2. The molecule has 1 saturated heterocycles. The van der Waals surface area contributed by atoms with Gasteiger partial charge in [-0.25, -0.2) is 0 Å². The highest BCUT2D eigenvalue weighted by Gasteiger charge is 2.47. The van der Waals surface area contributed by atoms with Crippen molar-refractivity contribution in [3.05, 3.63) is 29.8 Å². The molecule has 0 bridgehead atoms. The second-order valence-electron chi connectivity index (χ2n) is 7.49. The van der Waals surface area contributed by atoms with Crippen LogP contribution in [0.25, 0.3) is 0 Å². The first kappa shape index (κ1) is 19.1. The number of methoxy groups -OCH3 is 1. The highest BCUT2D eigenvalue weighted by molar-refractivity contribution is 6.83. The van der Waals surface area contributed by atoms with E-state index in [9.17, 15) is 9.59 Å². The first-order valence-electron chi connectivity index (χ1n) is 8.15. The van der Waals surface area contributed by atoms with Crippen LogP contribution in [0.15, 0.2) is 24.3 Å². The zero-order chi connectivity index (χ0) is 18.8. The van der Waals surface area contributed by atoms with Crippen LogP contribution in [0.1, 0.15) is 25.3 Å². The van der Waals surface area contributed by atoms with Crippen molar-refractivity contribution in [1.82, 2.24) is 0 Å². The Kier molecular flexibility index (Phi) is 5.28. The molecule has 1 atom stereocenters. The summed E-state index contributed by atoms with van der Waals surface area (Å²) in [5.74, 6) is -0.452. The maximum atomic E-state index is 12.5. The van der Waals surface area contributed by atoms with Gasteiger partial charge in [-0.3, -0.25) is 9.59 Å². The normalized spacial score (nSPS) is 18.5. The van der Waals surface area contributed by atoms with E-state index in [1.807, 2.05) is 6.07 Å². The average Bonchev–Trinajstić information content (AvgIpc) is 2.47. The molecule has 5 nitrogen and oxygen atoms in total. The predicted molar refractivity (Wildman–Crippen MR) is 96.6 cm³/mol. The molecule has 0 saturated carbocycles. The number of carbonyl (C=O) groups is 2. The molecule has 2 rings (SSSR count). The molecule has 0 aromatic heterocycles. The number of hydrogen-bond acceptors (Lipinski definition) is 5. The molecular formula is C19H24O5Si. The zero-order valence-corrected chi connectivity index (χ0v) is 16.5. The second-order valence-corrected chi connectivity index (χ2v) is 12.2. The number of hydrogen-bond donors (Lipinski definition) is 0. The van der Waals surface area contributed by atoms with Gasteiger partial charge < -0.3 is 14.2 Å². The van der Waals surface area contributed by atoms with E-state index in [-0.39, 0.29) is 0 Å². The van der Waals surface area contributed by atoms with E-state index < -0.39 is 37.6 Å². The zero-order valence-electron chi connectivity index (χ0n) is 15.5. The number of cyclic esters (lactones) is 2. The minimum atomic E-state index is -1.71. The van der Waals surface area contributed by atoms with Crippen LogP contribution in [-0.4, -0.2) is 32.9 Å². The van der Waals surface area contributed by atoms with Gasteiger partial charge in [0.1, 0.15) is 13.8 Å². The van der Waals surface area contributed by atoms with Crippen molar-refractivity contribution in [2.75, 3.05) is 7.11 Å². The number of rotatable bonds is 3. The summed E-state index contributed by atoms with van der Waals surface area (Å²) in [7, 11) is -0.144. The lowest BCUT2D eigenvalue weighted by atomic mass is 9.86. The topological polar surface area (TPSA) is 61.8 Å². The van der Waals surface area contributed by atoms with Crippen LogP contribution in [0.3, 0.4) is 0 Å². The Labute approximate surface area is 149 Å². The van der Waals surface area contributed by atoms with Crippen LogP contribution in [0, 0.1) is 17.4 Å². The average molecular weight is 360 g/mol. The van der Waals surface area contributed by atoms with Crippen molar-refractivity contribution in [3.8, 4) is 17.2 Å². The van der Waals surface area contributed by atoms with E-state index in [4.69, 9.17) is 14.2 Å². The summed E-state index contributed by atoms with van der Waals surface area (Å²) in [6.07, 6.45) is 0. The summed E-state index contributed by atoms with van der Waals surface area (Å²) in [5, 5.41) is 0. The fourth-order valence-corrected chi connectivity index (χ4v) is 3.08. The fraction of sp³-hybridized carbons (Fsp3) is 0.474. The first-order chi connectivity index (χ1) is 11.5. The van der Waals surface area contributed by atoms with Gasteiger partial charge in [0.2, 0.25) is 0 Å². The SMILES string of the molecule is COc1cccc([C@H](C#C[Si](C)(C)C)C2C(=O)OC(C)(C)OC2=O)c1. The van der Waals surface area contributed by atoms with Crippen molar-refractivity contribution >= 4 is 20.0 Å². The summed E-state index contributed by atoms with van der Waals surface area (Å²) in [6.45, 7) is 9.37. The van der Waals surface area contributed by atoms with E-state index in [2.05, 4.69) is 31.1 Å². The van der Waals surface area contributed by atoms with Crippen LogP contribution < -0.4 is 4.74 Å². The molecule has 0 unspecified atom stereocenters. The van der Waals surface area contributed by atoms with Gasteiger partial charge in [-0.05, 0) is 17.7 Å². The molecule has 0 N–H and O–H groups in total. The molecule has 1 aromatic rings. The van der Waals surface area contributed by atoms with Gasteiger partial charge in [-0.2, -0.15) is 0 Å². The first-order valence-corrected chi connectivity index (χ1v) is 11.6. The third-order valence-corrected chi connectivity index (χ3v) is 4.48. The third kappa shape index (κ3) is 4.86. The summed E-state index contributed by atoms with van der Waals surface area (Å²) in [5.41, 5.74) is 3.98. The predicted octanol–water partition coefficient (Wildman–Crippen LogP) is 3.11. The van der Waals surface area contributed by atoms with Gasteiger partial charge in [-0.15, -0.1) is 11.5 Å². The Morgan fingerprint density at radius 1 is 1.16 bits per heavy atom. The van der Waals surface area contributed by atoms with Crippen LogP contribution in [-0.2, 0) is 19.1 Å². The Bertz CT molecular complexity index is 716. The van der Waals surface area contributed by atoms with Gasteiger partial charge in [0.15, 0.2) is 5.92 Å². The molecule has 0 aliphatic carbocycles. The lowest BCUT2D eigenvalue weighted by Gasteiger charge is -2.34. The molecule has 0 amide bonds. The molecule has 0 spiro atoms. The third-order valence-electron chi connectivity index (χ3n) is 3.59. The summed E-state index contributed by atoms with van der Waals surface area (Å²) in [4.78, 5) is 25.0. The molecule has 1 aliphatic heterocycles. The van der Waals surface area contributed by atoms with E-state index >= 15 is 0 Å². The van der Waals surface area contributed by atoms with Crippen LogP contribution in [0.4, 0.5) is 0 Å². The Morgan fingerprint density at radius 2 is 1.76 bits per heavy atom. The van der Waals surface area contributed by atoms with Gasteiger partial charge in [0, 0.05) is 13.8 Å². The minimum absolute atomic E-state index is 0.612. The van der Waals surface area contributed by atoms with Crippen LogP contribution >= 0.6 is 0 Å². The quantitative estimate of drug-likeness (QED) is 0.359. The van der Waals surface area contributed by atoms with Crippen molar-refractivity contribution in [2.45, 2.75) is 45.2 Å². The fourth-order valence-electron chi connectivity index (χ4n) is 2.49. The molecule has 0 radical (unpaired) electrons. The van der Waals surface area contributed by atoms with Gasteiger partial charge in [0.05, 0.1) is 13.0 Å². The van der Waals surface area contributed by atoms with Crippen molar-refractivity contribution < 1.29 is 23.8 Å². The smallest absolute Gasteiger partial charge is 0.325 e. The van der Waals surface area contributed by atoms with Crippen LogP contribution in [0.5, 0.6) is 5.75 Å².